The average molecular weight is 464 g/mol. The van der Waals surface area contributed by atoms with Crippen molar-refractivity contribution in [3.05, 3.63) is 41.5 Å². The Labute approximate surface area is 192 Å². The molecule has 0 N–H and O–H groups in total. The third kappa shape index (κ3) is 6.26. The summed E-state index contributed by atoms with van der Waals surface area (Å²) >= 11 is 0. The molecule has 0 aliphatic carbocycles. The van der Waals surface area contributed by atoms with Gasteiger partial charge in [0.05, 0.1) is 12.0 Å². The van der Waals surface area contributed by atoms with Gasteiger partial charge in [0.1, 0.15) is 17.6 Å². The molecule has 0 fully saturated rings. The quantitative estimate of drug-likeness (QED) is 0.410. The number of methoxy groups -OCH3 is 4. The van der Waals surface area contributed by atoms with Crippen molar-refractivity contribution in [2.24, 2.45) is 0 Å². The number of hydrogen-bond donors (Lipinski definition) is 0. The van der Waals surface area contributed by atoms with Crippen molar-refractivity contribution in [3.8, 4) is 28.7 Å². The van der Waals surface area contributed by atoms with Crippen LogP contribution in [0.5, 0.6) is 28.7 Å². The van der Waals surface area contributed by atoms with Gasteiger partial charge < -0.3 is 42.6 Å². The molecule has 0 saturated heterocycles. The van der Waals surface area contributed by atoms with Gasteiger partial charge in [-0.25, -0.2) is 0 Å². The summed E-state index contributed by atoms with van der Waals surface area (Å²) in [6, 6.07) is 8.49. The highest BCUT2D eigenvalue weighted by Crippen LogP contribution is 2.44. The molecule has 3 rings (SSSR count). The van der Waals surface area contributed by atoms with E-state index < -0.39 is 6.10 Å². The fourth-order valence-electron chi connectivity index (χ4n) is 3.21. The van der Waals surface area contributed by atoms with E-state index in [1.165, 1.54) is 28.4 Å². The van der Waals surface area contributed by atoms with Crippen molar-refractivity contribution in [2.45, 2.75) is 12.5 Å². The molecule has 0 bridgehead atoms. The SMILES string of the molecule is COCOc1ccc2c(c1)OC(c1cc(OCOC)c(OCOC)c(OCOC)c1)CC2=O. The number of benzene rings is 2. The van der Waals surface area contributed by atoms with Crippen LogP contribution >= 0.6 is 0 Å². The van der Waals surface area contributed by atoms with Crippen LogP contribution in [0.15, 0.2) is 30.3 Å². The second kappa shape index (κ2) is 12.3. The Morgan fingerprint density at radius 1 is 0.788 bits per heavy atom. The highest BCUT2D eigenvalue weighted by atomic mass is 16.7. The maximum atomic E-state index is 12.8. The van der Waals surface area contributed by atoms with Crippen LogP contribution in [0, 0.1) is 0 Å². The second-order valence-corrected chi connectivity index (χ2v) is 6.94. The van der Waals surface area contributed by atoms with Gasteiger partial charge in [-0.3, -0.25) is 4.79 Å². The van der Waals surface area contributed by atoms with Crippen LogP contribution in [0.3, 0.4) is 0 Å². The van der Waals surface area contributed by atoms with Gasteiger partial charge in [-0.2, -0.15) is 0 Å². The van der Waals surface area contributed by atoms with Gasteiger partial charge in [0.25, 0.3) is 0 Å². The van der Waals surface area contributed by atoms with Gasteiger partial charge in [0, 0.05) is 40.1 Å². The normalized spacial score (nSPS) is 14.9. The molecule has 0 aromatic heterocycles. The molecule has 1 atom stereocenters. The van der Waals surface area contributed by atoms with Crippen LogP contribution in [0.1, 0.15) is 28.4 Å². The number of carbonyl (C=O) groups is 1. The van der Waals surface area contributed by atoms with Crippen LogP contribution in [-0.4, -0.2) is 61.4 Å². The van der Waals surface area contributed by atoms with Crippen LogP contribution in [0.4, 0.5) is 0 Å². The predicted molar refractivity (Wildman–Crippen MR) is 115 cm³/mol. The maximum absolute atomic E-state index is 12.8. The minimum absolute atomic E-state index is 0.0238. The predicted octanol–water partition coefficient (Wildman–Crippen LogP) is 3.32. The molecule has 10 heteroatoms. The van der Waals surface area contributed by atoms with Gasteiger partial charge in [0.2, 0.25) is 5.75 Å². The van der Waals surface area contributed by atoms with E-state index in [0.29, 0.717) is 39.9 Å². The summed E-state index contributed by atoms with van der Waals surface area (Å²) in [4.78, 5) is 12.8. The van der Waals surface area contributed by atoms with E-state index in [-0.39, 0.29) is 39.4 Å². The van der Waals surface area contributed by atoms with Crippen LogP contribution in [0.2, 0.25) is 0 Å². The fraction of sp³-hybridized carbons (Fsp3) is 0.435. The lowest BCUT2D eigenvalue weighted by Crippen LogP contribution is -2.21. The van der Waals surface area contributed by atoms with E-state index in [2.05, 4.69) is 0 Å². The third-order valence-corrected chi connectivity index (χ3v) is 4.64. The number of rotatable bonds is 13. The zero-order valence-corrected chi connectivity index (χ0v) is 19.1. The van der Waals surface area contributed by atoms with Crippen molar-refractivity contribution in [1.29, 1.82) is 0 Å². The van der Waals surface area contributed by atoms with Crippen LogP contribution in [-0.2, 0) is 18.9 Å². The van der Waals surface area contributed by atoms with E-state index in [1.807, 2.05) is 0 Å². The first-order valence-electron chi connectivity index (χ1n) is 10.1. The first-order valence-corrected chi connectivity index (χ1v) is 10.1. The zero-order valence-electron chi connectivity index (χ0n) is 19.1. The first-order chi connectivity index (χ1) is 16.1. The number of ketones is 1. The van der Waals surface area contributed by atoms with Crippen molar-refractivity contribution in [3.63, 3.8) is 0 Å². The molecule has 1 aliphatic heterocycles. The summed E-state index contributed by atoms with van der Waals surface area (Å²) in [7, 11) is 6.04. The number of hydrogen-bond acceptors (Lipinski definition) is 10. The summed E-state index contributed by atoms with van der Waals surface area (Å²) in [6.07, 6.45) is -0.453. The average Bonchev–Trinajstić information content (AvgIpc) is 2.83. The summed E-state index contributed by atoms with van der Waals surface area (Å²) in [5.74, 6) is 1.89. The van der Waals surface area contributed by atoms with Gasteiger partial charge in [-0.1, -0.05) is 0 Å². The standard InChI is InChI=1S/C23H28O10/c1-25-11-29-16-5-6-17-18(24)10-19(33-20(17)9-16)15-7-21(30-12-26-2)23(32-14-28-4)22(8-15)31-13-27-3/h5-9,19H,10-14H2,1-4H3. The van der Waals surface area contributed by atoms with Gasteiger partial charge in [-0.05, 0) is 24.3 Å². The van der Waals surface area contributed by atoms with Crippen molar-refractivity contribution >= 4 is 5.78 Å². The Kier molecular flexibility index (Phi) is 9.14. The van der Waals surface area contributed by atoms with E-state index >= 15 is 0 Å². The number of carbonyl (C=O) groups excluding carboxylic acids is 1. The minimum atomic E-state index is -0.589. The molecule has 0 saturated carbocycles. The molecule has 0 radical (unpaired) electrons. The van der Waals surface area contributed by atoms with Gasteiger partial charge in [-0.15, -0.1) is 0 Å². The topological polar surface area (TPSA) is 100 Å². The molecule has 1 unspecified atom stereocenters. The fourth-order valence-corrected chi connectivity index (χ4v) is 3.21. The van der Waals surface area contributed by atoms with E-state index in [9.17, 15) is 4.79 Å². The Balaban J connectivity index is 1.96. The summed E-state index contributed by atoms with van der Waals surface area (Å²) in [6.45, 7) is 0.00949. The van der Waals surface area contributed by atoms with Crippen LogP contribution < -0.4 is 23.7 Å². The molecular formula is C23H28O10. The molecule has 2 aromatic carbocycles. The monoisotopic (exact) mass is 464 g/mol. The molecule has 1 aliphatic rings. The highest BCUT2D eigenvalue weighted by Gasteiger charge is 2.30. The summed E-state index contributed by atoms with van der Waals surface area (Å²) in [5.41, 5.74) is 1.14. The second-order valence-electron chi connectivity index (χ2n) is 6.94. The van der Waals surface area contributed by atoms with E-state index in [1.54, 1.807) is 30.3 Å². The minimum Gasteiger partial charge on any atom is -0.484 e. The largest absolute Gasteiger partial charge is 0.484 e. The Morgan fingerprint density at radius 3 is 1.97 bits per heavy atom. The molecule has 2 aromatic rings. The van der Waals surface area contributed by atoms with Crippen molar-refractivity contribution in [1.82, 2.24) is 0 Å². The zero-order chi connectivity index (χ0) is 23.6. The van der Waals surface area contributed by atoms with E-state index in [4.69, 9.17) is 42.6 Å². The Bertz CT molecular complexity index is 900. The molecule has 180 valence electrons. The summed E-state index contributed by atoms with van der Waals surface area (Å²) < 4.78 is 48.7. The molecule has 1 heterocycles. The number of fused-ring (bicyclic) bond motifs is 1. The highest BCUT2D eigenvalue weighted by molar-refractivity contribution is 6.00. The molecule has 0 spiro atoms. The lowest BCUT2D eigenvalue weighted by Gasteiger charge is -2.27. The molecule has 33 heavy (non-hydrogen) atoms. The van der Waals surface area contributed by atoms with Gasteiger partial charge in [0.15, 0.2) is 44.5 Å². The molecule has 10 nitrogen and oxygen atoms in total. The van der Waals surface area contributed by atoms with E-state index in [0.717, 1.165) is 0 Å². The van der Waals surface area contributed by atoms with Crippen LogP contribution in [0.25, 0.3) is 0 Å². The lowest BCUT2D eigenvalue weighted by molar-refractivity contribution is 0.0214. The maximum Gasteiger partial charge on any atom is 0.206 e. The van der Waals surface area contributed by atoms with Crippen molar-refractivity contribution < 1.29 is 47.4 Å². The van der Waals surface area contributed by atoms with Crippen molar-refractivity contribution in [2.75, 3.05) is 55.6 Å². The molecular weight excluding hydrogens is 436 g/mol. The molecule has 0 amide bonds. The first kappa shape index (κ1) is 24.6. The van der Waals surface area contributed by atoms with Gasteiger partial charge >= 0.3 is 0 Å². The Morgan fingerprint density at radius 2 is 1.36 bits per heavy atom. The third-order valence-electron chi connectivity index (χ3n) is 4.64. The summed E-state index contributed by atoms with van der Waals surface area (Å²) in [5, 5.41) is 0. The number of ether oxygens (including phenoxy) is 9. The lowest BCUT2D eigenvalue weighted by atomic mass is 9.95. The number of Topliss-reactive ketones (excluding diaryl/α,β-unsaturated/α-hetero) is 1. The smallest absolute Gasteiger partial charge is 0.206 e. The Hall–Kier alpha value is -3.05.